The monoisotopic (exact) mass is 229 g/mol. The van der Waals surface area contributed by atoms with E-state index >= 15 is 0 Å². The zero-order chi connectivity index (χ0) is 12.2. The van der Waals surface area contributed by atoms with Crippen molar-refractivity contribution >= 4 is 11.9 Å². The van der Waals surface area contributed by atoms with Crippen molar-refractivity contribution in [3.05, 3.63) is 12.7 Å². The second kappa shape index (κ2) is 10.2. The van der Waals surface area contributed by atoms with E-state index in [1.807, 2.05) is 0 Å². The van der Waals surface area contributed by atoms with E-state index in [2.05, 4.69) is 11.9 Å². The van der Waals surface area contributed by atoms with Gasteiger partial charge in [-0.15, -0.1) is 0 Å². The maximum absolute atomic E-state index is 10.7. The van der Waals surface area contributed by atoms with Crippen LogP contribution in [0, 0.1) is 0 Å². The molecule has 5 nitrogen and oxygen atoms in total. The molecule has 0 heterocycles. The van der Waals surface area contributed by atoms with Crippen LogP contribution in [0.4, 0.5) is 0 Å². The Kier molecular flexibility index (Phi) is 9.30. The first-order valence-electron chi connectivity index (χ1n) is 5.36. The van der Waals surface area contributed by atoms with Gasteiger partial charge in [-0.05, 0) is 25.3 Å². The third-order valence-electron chi connectivity index (χ3n) is 1.91. The lowest BCUT2D eigenvalue weighted by atomic mass is 10.2. The minimum atomic E-state index is -0.841. The van der Waals surface area contributed by atoms with E-state index in [0.717, 1.165) is 19.3 Å². The Balaban J connectivity index is 3.07. The number of carbonyl (C=O) groups excluding carboxylic acids is 1. The smallest absolute Gasteiger partial charge is 0.305 e. The summed E-state index contributed by atoms with van der Waals surface area (Å²) in [4.78, 5) is 20.9. The molecule has 0 aliphatic rings. The zero-order valence-electron chi connectivity index (χ0n) is 9.41. The van der Waals surface area contributed by atoms with Crippen molar-refractivity contribution in [1.82, 2.24) is 5.32 Å². The van der Waals surface area contributed by atoms with Crippen molar-refractivity contribution in [2.75, 3.05) is 19.8 Å². The Labute approximate surface area is 95.5 Å². The first-order valence-corrected chi connectivity index (χ1v) is 5.36. The van der Waals surface area contributed by atoms with Crippen LogP contribution in [0.25, 0.3) is 0 Å². The van der Waals surface area contributed by atoms with E-state index in [0.29, 0.717) is 13.2 Å². The van der Waals surface area contributed by atoms with E-state index in [-0.39, 0.29) is 18.9 Å². The van der Waals surface area contributed by atoms with Gasteiger partial charge in [-0.2, -0.15) is 0 Å². The molecule has 0 aliphatic carbocycles. The molecular weight excluding hydrogens is 210 g/mol. The lowest BCUT2D eigenvalue weighted by Gasteiger charge is -2.03. The Bertz CT molecular complexity index is 228. The highest BCUT2D eigenvalue weighted by atomic mass is 16.5. The van der Waals surface area contributed by atoms with Gasteiger partial charge in [0.25, 0.3) is 0 Å². The molecule has 0 aromatic carbocycles. The van der Waals surface area contributed by atoms with Crippen molar-refractivity contribution in [3.8, 4) is 0 Å². The first kappa shape index (κ1) is 14.6. The molecule has 16 heavy (non-hydrogen) atoms. The first-order chi connectivity index (χ1) is 7.66. The molecule has 0 fully saturated rings. The molecule has 0 unspecified atom stereocenters. The summed E-state index contributed by atoms with van der Waals surface area (Å²) >= 11 is 0. The van der Waals surface area contributed by atoms with Crippen molar-refractivity contribution in [2.45, 2.75) is 25.7 Å². The molecule has 0 atom stereocenters. The molecular formula is C11H19NO4. The molecule has 0 aliphatic heterocycles. The molecule has 0 aromatic heterocycles. The average molecular weight is 229 g/mol. The van der Waals surface area contributed by atoms with Gasteiger partial charge in [0.05, 0.1) is 13.0 Å². The number of carbonyl (C=O) groups is 2. The maximum Gasteiger partial charge on any atom is 0.305 e. The fourth-order valence-corrected chi connectivity index (χ4v) is 1.05. The highest BCUT2D eigenvalue weighted by Gasteiger charge is 1.96. The number of carboxylic acid groups (broad SMARTS) is 1. The number of aliphatic carboxylic acids is 1. The molecule has 0 saturated carbocycles. The number of amides is 1. The number of nitrogens with one attached hydrogen (secondary N) is 1. The summed E-state index contributed by atoms with van der Waals surface area (Å²) in [5.41, 5.74) is 0. The maximum atomic E-state index is 10.7. The zero-order valence-corrected chi connectivity index (χ0v) is 9.41. The second-order valence-electron chi connectivity index (χ2n) is 3.31. The summed E-state index contributed by atoms with van der Waals surface area (Å²) in [6.45, 7) is 4.82. The summed E-state index contributed by atoms with van der Waals surface area (Å²) in [6.07, 6.45) is 4.01. The normalized spacial score (nSPS) is 9.75. The number of hydrogen-bond acceptors (Lipinski definition) is 3. The Morgan fingerprint density at radius 1 is 1.25 bits per heavy atom. The predicted molar refractivity (Wildman–Crippen MR) is 60.1 cm³/mol. The van der Waals surface area contributed by atoms with E-state index < -0.39 is 5.97 Å². The Hall–Kier alpha value is -1.36. The van der Waals surface area contributed by atoms with Crippen molar-refractivity contribution in [1.29, 1.82) is 0 Å². The van der Waals surface area contributed by atoms with Crippen molar-refractivity contribution in [2.24, 2.45) is 0 Å². The molecule has 2 N–H and O–H groups in total. The van der Waals surface area contributed by atoms with Crippen LogP contribution in [0.1, 0.15) is 25.7 Å². The summed E-state index contributed by atoms with van der Waals surface area (Å²) in [7, 11) is 0. The van der Waals surface area contributed by atoms with Crippen LogP contribution in [-0.4, -0.2) is 36.7 Å². The molecule has 92 valence electrons. The van der Waals surface area contributed by atoms with Crippen LogP contribution < -0.4 is 5.32 Å². The standard InChI is InChI=1S/C11H19NO4/c1-2-10(13)12-7-4-3-5-8-16-9-6-11(14)15/h2H,1,3-9H2,(H,12,13)(H,14,15). The molecule has 0 bridgehead atoms. The predicted octanol–water partition coefficient (Wildman–Crippen LogP) is 0.950. The van der Waals surface area contributed by atoms with Crippen LogP contribution >= 0.6 is 0 Å². The van der Waals surface area contributed by atoms with Gasteiger partial charge in [0.1, 0.15) is 0 Å². The number of carboxylic acids is 1. The number of rotatable bonds is 10. The Morgan fingerprint density at radius 2 is 2.00 bits per heavy atom. The molecule has 0 rings (SSSR count). The van der Waals surface area contributed by atoms with Gasteiger partial charge < -0.3 is 15.2 Å². The van der Waals surface area contributed by atoms with Crippen LogP contribution in [0.2, 0.25) is 0 Å². The molecule has 0 radical (unpaired) electrons. The Morgan fingerprint density at radius 3 is 2.62 bits per heavy atom. The molecule has 5 heteroatoms. The second-order valence-corrected chi connectivity index (χ2v) is 3.31. The van der Waals surface area contributed by atoms with Gasteiger partial charge in [0.2, 0.25) is 5.91 Å². The number of hydrogen-bond donors (Lipinski definition) is 2. The third-order valence-corrected chi connectivity index (χ3v) is 1.91. The van der Waals surface area contributed by atoms with E-state index in [1.54, 1.807) is 0 Å². The van der Waals surface area contributed by atoms with E-state index in [1.165, 1.54) is 6.08 Å². The number of ether oxygens (including phenoxy) is 1. The summed E-state index contributed by atoms with van der Waals surface area (Å²) < 4.78 is 5.11. The lowest BCUT2D eigenvalue weighted by Crippen LogP contribution is -2.21. The third kappa shape index (κ3) is 10.7. The van der Waals surface area contributed by atoms with Gasteiger partial charge in [-0.3, -0.25) is 9.59 Å². The van der Waals surface area contributed by atoms with Crippen LogP contribution in [0.3, 0.4) is 0 Å². The van der Waals surface area contributed by atoms with Crippen LogP contribution in [-0.2, 0) is 14.3 Å². The van der Waals surface area contributed by atoms with E-state index in [9.17, 15) is 9.59 Å². The van der Waals surface area contributed by atoms with Gasteiger partial charge in [-0.1, -0.05) is 6.58 Å². The number of unbranched alkanes of at least 4 members (excludes halogenated alkanes) is 2. The highest BCUT2D eigenvalue weighted by molar-refractivity contribution is 5.86. The van der Waals surface area contributed by atoms with Crippen LogP contribution in [0.15, 0.2) is 12.7 Å². The fraction of sp³-hybridized carbons (Fsp3) is 0.636. The van der Waals surface area contributed by atoms with Gasteiger partial charge in [0.15, 0.2) is 0 Å². The van der Waals surface area contributed by atoms with Crippen LogP contribution in [0.5, 0.6) is 0 Å². The SMILES string of the molecule is C=CC(=O)NCCCCCOCCC(=O)O. The summed E-state index contributed by atoms with van der Waals surface area (Å²) in [5.74, 6) is -0.996. The average Bonchev–Trinajstić information content (AvgIpc) is 2.26. The summed E-state index contributed by atoms with van der Waals surface area (Å²) in [5, 5.41) is 11.0. The van der Waals surface area contributed by atoms with Crippen molar-refractivity contribution < 1.29 is 19.4 Å². The lowest BCUT2D eigenvalue weighted by molar-refractivity contribution is -0.138. The van der Waals surface area contributed by atoms with Gasteiger partial charge in [-0.25, -0.2) is 0 Å². The minimum Gasteiger partial charge on any atom is -0.481 e. The molecule has 0 spiro atoms. The summed E-state index contributed by atoms with van der Waals surface area (Å²) in [6, 6.07) is 0. The largest absolute Gasteiger partial charge is 0.481 e. The van der Waals surface area contributed by atoms with E-state index in [4.69, 9.17) is 9.84 Å². The minimum absolute atomic E-state index is 0.0510. The quantitative estimate of drug-likeness (QED) is 0.432. The molecule has 0 saturated heterocycles. The fourth-order valence-electron chi connectivity index (χ4n) is 1.05. The van der Waals surface area contributed by atoms with Gasteiger partial charge in [0, 0.05) is 13.2 Å². The molecule has 1 amide bonds. The highest BCUT2D eigenvalue weighted by Crippen LogP contribution is 1.95. The van der Waals surface area contributed by atoms with Crippen molar-refractivity contribution in [3.63, 3.8) is 0 Å². The topological polar surface area (TPSA) is 75.6 Å². The molecule has 0 aromatic rings. The van der Waals surface area contributed by atoms with Gasteiger partial charge >= 0.3 is 5.97 Å².